The van der Waals surface area contributed by atoms with Crippen LogP contribution in [0.25, 0.3) is 0 Å². The molecule has 0 aliphatic carbocycles. The van der Waals surface area contributed by atoms with E-state index in [1.165, 1.54) is 22.7 Å². The second-order valence-electron chi connectivity index (χ2n) is 16.7. The fraction of sp³-hybridized carbons (Fsp3) is 0.333. The van der Waals surface area contributed by atoms with Crippen LogP contribution in [-0.4, -0.2) is 84.3 Å². The molecule has 4 aliphatic heterocycles. The topological polar surface area (TPSA) is 211 Å². The quantitative estimate of drug-likeness (QED) is 0.124. The number of anilines is 6. The number of carboxylic acid groups (broad SMARTS) is 1. The first-order valence-electron chi connectivity index (χ1n) is 21.9. The Kier molecular flexibility index (Phi) is 14.7. The van der Waals surface area contributed by atoms with Crippen molar-refractivity contribution in [2.75, 3.05) is 61.4 Å². The molecule has 2 aromatic heterocycles. The molecular weight excluding hydrogens is 933 g/mol. The molecule has 67 heavy (non-hydrogen) atoms. The molecule has 19 heteroatoms. The summed E-state index contributed by atoms with van der Waals surface area (Å²) in [6.07, 6.45) is 8.08. The van der Waals surface area contributed by atoms with Gasteiger partial charge in [0.05, 0.1) is 54.2 Å². The highest BCUT2D eigenvalue weighted by Gasteiger charge is 2.36. The summed E-state index contributed by atoms with van der Waals surface area (Å²) in [4.78, 5) is 38.0. The van der Waals surface area contributed by atoms with Gasteiger partial charge in [-0.3, -0.25) is 9.59 Å². The van der Waals surface area contributed by atoms with Gasteiger partial charge in [0.2, 0.25) is 25.6 Å². The number of para-hydroxylation sites is 2. The molecule has 4 aromatic carbocycles. The van der Waals surface area contributed by atoms with Crippen molar-refractivity contribution in [3.05, 3.63) is 119 Å². The smallest absolute Gasteiger partial charge is 0.310 e. The number of thiazole rings is 2. The molecule has 0 spiro atoms. The van der Waals surface area contributed by atoms with Crippen LogP contribution in [0, 0.1) is 11.8 Å². The van der Waals surface area contributed by atoms with E-state index in [0.29, 0.717) is 94.6 Å². The largest absolute Gasteiger partial charge is 0.481 e. The maximum atomic E-state index is 13.4. The predicted molar refractivity (Wildman–Crippen MR) is 260 cm³/mol. The average Bonchev–Trinajstić information content (AvgIpc) is 4.06. The maximum absolute atomic E-state index is 13.4. The first-order valence-corrected chi connectivity index (χ1v) is 26.6. The molecule has 6 heterocycles. The molecule has 6 aromatic rings. The Morgan fingerprint density at radius 3 is 1.55 bits per heavy atom. The van der Waals surface area contributed by atoms with Crippen LogP contribution in [0.3, 0.4) is 0 Å². The number of nitrogen functional groups attached to an aromatic ring is 1. The van der Waals surface area contributed by atoms with Crippen molar-refractivity contribution in [3.8, 4) is 0 Å². The fourth-order valence-electron chi connectivity index (χ4n) is 9.02. The van der Waals surface area contributed by atoms with E-state index in [4.69, 9.17) is 15.2 Å². The van der Waals surface area contributed by atoms with Gasteiger partial charge >= 0.3 is 5.97 Å². The summed E-state index contributed by atoms with van der Waals surface area (Å²) >= 11 is 2.82. The van der Waals surface area contributed by atoms with Crippen molar-refractivity contribution in [2.45, 2.75) is 69.9 Å². The van der Waals surface area contributed by atoms with Crippen molar-refractivity contribution in [1.82, 2.24) is 9.97 Å². The van der Waals surface area contributed by atoms with Crippen LogP contribution >= 0.6 is 22.7 Å². The number of ether oxygens (including phenoxy) is 2. The number of aliphatic carboxylic acids is 1. The molecule has 2 atom stereocenters. The fourth-order valence-corrected chi connectivity index (χ4v) is 13.3. The van der Waals surface area contributed by atoms with E-state index >= 15 is 0 Å². The third-order valence-electron chi connectivity index (χ3n) is 12.7. The maximum Gasteiger partial charge on any atom is 0.310 e. The molecule has 15 nitrogen and oxygen atoms in total. The van der Waals surface area contributed by atoms with Gasteiger partial charge in [0.25, 0.3) is 0 Å². The molecule has 1 amide bonds. The lowest BCUT2D eigenvalue weighted by Gasteiger charge is -2.31. The number of aromatic nitrogens is 2. The first kappa shape index (κ1) is 47.8. The zero-order chi connectivity index (χ0) is 47.3. The van der Waals surface area contributed by atoms with Gasteiger partial charge in [-0.2, -0.15) is 0 Å². The Morgan fingerprint density at radius 1 is 0.672 bits per heavy atom. The van der Waals surface area contributed by atoms with Gasteiger partial charge in [-0.1, -0.05) is 36.4 Å². The Balaban J connectivity index is 0.000000163. The van der Waals surface area contributed by atoms with E-state index in [1.54, 1.807) is 85.2 Å². The van der Waals surface area contributed by atoms with E-state index < -0.39 is 37.5 Å². The van der Waals surface area contributed by atoms with Crippen molar-refractivity contribution < 1.29 is 41.0 Å². The van der Waals surface area contributed by atoms with Gasteiger partial charge in [0.15, 0.2) is 10.3 Å². The number of amides is 1. The Labute approximate surface area is 398 Å². The minimum atomic E-state index is -3.63. The lowest BCUT2D eigenvalue weighted by Crippen LogP contribution is -2.27. The summed E-state index contributed by atoms with van der Waals surface area (Å²) in [6.45, 7) is 2.73. The second kappa shape index (κ2) is 20.7. The molecule has 0 bridgehead atoms. The number of hydrogen-bond donors (Lipinski definition) is 3. The van der Waals surface area contributed by atoms with Crippen LogP contribution in [0.2, 0.25) is 0 Å². The standard InChI is InChI=1S/C24H25N3O4S2.C21H23NO5S.C3H4N2S/c1-27-19-4-2-3-5-21(19)33(29,30)22-7-6-17(15-20(22)27)18(14-16-8-11-31-12-9-16)23(28)26-24-25-10-13-32-24;1-22-17-4-2-3-5-19(17)28(25,26)20-7-6-15(13-18(20)22)16(21(23)24)12-14-8-10-27-11-9-14;4-3-5-1-2-6-3/h2-7,10,13,15-16,18H,8-9,11-12,14H2,1H3,(H,25,26,28);2-7,13-14,16H,8-12H2,1H3,(H,23,24);1-2H,(H2,4,5). The Morgan fingerprint density at radius 2 is 1.12 bits per heavy atom. The molecule has 0 saturated carbocycles. The van der Waals surface area contributed by atoms with Gasteiger partial charge < -0.3 is 35.4 Å². The summed E-state index contributed by atoms with van der Waals surface area (Å²) < 4.78 is 63.4. The number of carbonyl (C=O) groups is 2. The Hall–Kier alpha value is -5.70. The third kappa shape index (κ3) is 10.4. The molecule has 2 fully saturated rings. The molecule has 2 unspecified atom stereocenters. The SMILES string of the molecule is CN1c2ccccc2S(=O)(=O)c2ccc(C(CC3CCOCC3)C(=O)Nc3nccs3)cc21.CN1c2ccccc2S(=O)(=O)c2ccc(C(CC3CCOCC3)C(=O)O)cc21.Nc1nccs1. The van der Waals surface area contributed by atoms with Crippen LogP contribution in [-0.2, 0) is 38.7 Å². The predicted octanol–water partition coefficient (Wildman–Crippen LogP) is 8.91. The molecule has 352 valence electrons. The molecule has 2 saturated heterocycles. The average molecular weight is 985 g/mol. The van der Waals surface area contributed by atoms with Crippen LogP contribution < -0.4 is 20.9 Å². The minimum Gasteiger partial charge on any atom is -0.481 e. The number of nitrogens with two attached hydrogens (primary N) is 1. The van der Waals surface area contributed by atoms with Gasteiger partial charge in [-0.05, 0) is 110 Å². The lowest BCUT2D eigenvalue weighted by molar-refractivity contribution is -0.139. The summed E-state index contributed by atoms with van der Waals surface area (Å²) in [5.74, 6) is -1.43. The minimum absolute atomic E-state index is 0.127. The number of nitrogens with one attached hydrogen (secondary N) is 1. The highest BCUT2D eigenvalue weighted by atomic mass is 32.2. The molecule has 10 rings (SSSR count). The summed E-state index contributed by atoms with van der Waals surface area (Å²) in [6, 6.07) is 24.1. The van der Waals surface area contributed by atoms with E-state index in [0.717, 1.165) is 31.2 Å². The number of fused-ring (bicyclic) bond motifs is 4. The summed E-state index contributed by atoms with van der Waals surface area (Å²) in [5, 5.41) is 17.6. The van der Waals surface area contributed by atoms with E-state index in [2.05, 4.69) is 15.3 Å². The van der Waals surface area contributed by atoms with Crippen LogP contribution in [0.15, 0.2) is 128 Å². The van der Waals surface area contributed by atoms with Gasteiger partial charge in [0.1, 0.15) is 0 Å². The van der Waals surface area contributed by atoms with E-state index in [-0.39, 0.29) is 20.6 Å². The van der Waals surface area contributed by atoms with Crippen LogP contribution in [0.4, 0.5) is 33.0 Å². The summed E-state index contributed by atoms with van der Waals surface area (Å²) in [7, 11) is -3.59. The number of carboxylic acids is 1. The summed E-state index contributed by atoms with van der Waals surface area (Å²) in [5.41, 5.74) is 8.97. The van der Waals surface area contributed by atoms with Crippen LogP contribution in [0.1, 0.15) is 61.5 Å². The number of rotatable bonds is 9. The lowest BCUT2D eigenvalue weighted by atomic mass is 9.84. The van der Waals surface area contributed by atoms with Crippen molar-refractivity contribution >= 4 is 87.2 Å². The third-order valence-corrected chi connectivity index (χ3v) is 17.6. The van der Waals surface area contributed by atoms with E-state index in [9.17, 15) is 31.5 Å². The molecule has 0 radical (unpaired) electrons. The van der Waals surface area contributed by atoms with Crippen LogP contribution in [0.5, 0.6) is 0 Å². The zero-order valence-electron chi connectivity index (χ0n) is 37.0. The highest BCUT2D eigenvalue weighted by Crippen LogP contribution is 2.46. The monoisotopic (exact) mass is 984 g/mol. The Bertz CT molecular complexity index is 2920. The first-order chi connectivity index (χ1) is 32.2. The highest BCUT2D eigenvalue weighted by molar-refractivity contribution is 7.92. The van der Waals surface area contributed by atoms with Crippen molar-refractivity contribution in [2.24, 2.45) is 11.8 Å². The second-order valence-corrected chi connectivity index (χ2v) is 22.3. The molecular formula is C48H52N6O9S4. The van der Waals surface area contributed by atoms with Gasteiger partial charge in [-0.15, -0.1) is 22.7 Å². The van der Waals surface area contributed by atoms with Crippen molar-refractivity contribution in [1.29, 1.82) is 0 Å². The normalized spacial score (nSPS) is 17.9. The number of hydrogen-bond acceptors (Lipinski definition) is 15. The molecule has 4 N–H and O–H groups in total. The zero-order valence-corrected chi connectivity index (χ0v) is 40.3. The number of benzene rings is 4. The number of sulfone groups is 2. The number of carbonyl (C=O) groups excluding carboxylic acids is 1. The molecule has 4 aliphatic rings. The van der Waals surface area contributed by atoms with Gasteiger partial charge in [0, 0.05) is 63.7 Å². The van der Waals surface area contributed by atoms with Gasteiger partial charge in [-0.25, -0.2) is 26.8 Å². The number of nitrogens with zero attached hydrogens (tertiary/aromatic N) is 4. The van der Waals surface area contributed by atoms with E-state index in [1.807, 2.05) is 46.8 Å². The van der Waals surface area contributed by atoms with Crippen molar-refractivity contribution in [3.63, 3.8) is 0 Å².